The van der Waals surface area contributed by atoms with E-state index in [1.165, 1.54) is 0 Å². The van der Waals surface area contributed by atoms with Crippen molar-refractivity contribution in [3.05, 3.63) is 59.7 Å². The van der Waals surface area contributed by atoms with Crippen LogP contribution in [0.15, 0.2) is 48.5 Å². The fraction of sp³-hybridized carbons (Fsp3) is 0.400. The summed E-state index contributed by atoms with van der Waals surface area (Å²) in [6.45, 7) is 2.30. The fourth-order valence-corrected chi connectivity index (χ4v) is 4.66. The molecule has 2 aromatic rings. The molecular weight excluding hydrogens is 422 g/mol. The molecule has 3 amide bonds. The van der Waals surface area contributed by atoms with E-state index in [9.17, 15) is 14.4 Å². The SMILES string of the molecule is O=C(NC1CCN(C(=O)c2ccc3c(c2)OCO3)CC1)C1CC(=O)N(Cc2ccccc2)C1. The second-order valence-electron chi connectivity index (χ2n) is 8.80. The maximum atomic E-state index is 12.9. The van der Waals surface area contributed by atoms with Gasteiger partial charge in [-0.1, -0.05) is 30.3 Å². The largest absolute Gasteiger partial charge is 0.454 e. The van der Waals surface area contributed by atoms with E-state index in [4.69, 9.17) is 9.47 Å². The molecule has 0 spiro atoms. The zero-order valence-electron chi connectivity index (χ0n) is 18.4. The molecule has 2 fully saturated rings. The first kappa shape index (κ1) is 21.3. The summed E-state index contributed by atoms with van der Waals surface area (Å²) in [5.41, 5.74) is 1.64. The smallest absolute Gasteiger partial charge is 0.253 e. The summed E-state index contributed by atoms with van der Waals surface area (Å²) in [5, 5.41) is 3.11. The molecule has 3 aliphatic heterocycles. The molecule has 1 unspecified atom stereocenters. The van der Waals surface area contributed by atoms with Crippen LogP contribution in [-0.2, 0) is 16.1 Å². The highest BCUT2D eigenvalue weighted by molar-refractivity contribution is 5.95. The Morgan fingerprint density at radius 2 is 1.76 bits per heavy atom. The number of nitrogens with zero attached hydrogens (tertiary/aromatic N) is 2. The van der Waals surface area contributed by atoms with Gasteiger partial charge in [-0.25, -0.2) is 0 Å². The van der Waals surface area contributed by atoms with Crippen LogP contribution in [0.25, 0.3) is 0 Å². The molecule has 33 heavy (non-hydrogen) atoms. The normalized spacial score (nSPS) is 20.2. The molecule has 0 radical (unpaired) electrons. The van der Waals surface area contributed by atoms with Crippen LogP contribution in [0.5, 0.6) is 11.5 Å². The molecule has 1 N–H and O–H groups in total. The lowest BCUT2D eigenvalue weighted by Crippen LogP contribution is -2.48. The van der Waals surface area contributed by atoms with Gasteiger partial charge >= 0.3 is 0 Å². The van der Waals surface area contributed by atoms with Gasteiger partial charge in [-0.15, -0.1) is 0 Å². The van der Waals surface area contributed by atoms with E-state index in [0.29, 0.717) is 56.1 Å². The standard InChI is InChI=1S/C25H27N3O5/c29-23-13-19(15-28(23)14-17-4-2-1-3-5-17)24(30)26-20-8-10-27(11-9-20)25(31)18-6-7-21-22(12-18)33-16-32-21/h1-7,12,19-20H,8-11,13-16H2,(H,26,30). The molecule has 2 aromatic carbocycles. The monoisotopic (exact) mass is 449 g/mol. The number of fused-ring (bicyclic) bond motifs is 1. The fourth-order valence-electron chi connectivity index (χ4n) is 4.66. The number of nitrogens with one attached hydrogen (secondary N) is 1. The number of amides is 3. The van der Waals surface area contributed by atoms with E-state index in [2.05, 4.69) is 5.32 Å². The molecule has 8 nitrogen and oxygen atoms in total. The average molecular weight is 450 g/mol. The van der Waals surface area contributed by atoms with E-state index in [0.717, 1.165) is 5.56 Å². The minimum Gasteiger partial charge on any atom is -0.454 e. The van der Waals surface area contributed by atoms with Crippen molar-refractivity contribution < 1.29 is 23.9 Å². The lowest BCUT2D eigenvalue weighted by molar-refractivity contribution is -0.129. The third kappa shape index (κ3) is 4.65. The maximum Gasteiger partial charge on any atom is 0.253 e. The summed E-state index contributed by atoms with van der Waals surface area (Å²) in [6, 6.07) is 15.0. The molecule has 0 saturated carbocycles. The number of piperidine rings is 1. The van der Waals surface area contributed by atoms with Crippen LogP contribution in [0, 0.1) is 5.92 Å². The molecule has 0 bridgehead atoms. The second-order valence-corrected chi connectivity index (χ2v) is 8.80. The van der Waals surface area contributed by atoms with Crippen molar-refractivity contribution in [1.82, 2.24) is 15.1 Å². The zero-order valence-corrected chi connectivity index (χ0v) is 18.4. The van der Waals surface area contributed by atoms with Crippen molar-refractivity contribution in [3.8, 4) is 11.5 Å². The number of benzene rings is 2. The summed E-state index contributed by atoms with van der Waals surface area (Å²) in [5.74, 6) is 0.823. The minimum atomic E-state index is -0.325. The zero-order chi connectivity index (χ0) is 22.8. The van der Waals surface area contributed by atoms with Crippen molar-refractivity contribution >= 4 is 17.7 Å². The molecule has 172 valence electrons. The molecular formula is C25H27N3O5. The Kier molecular flexibility index (Phi) is 5.90. The Morgan fingerprint density at radius 1 is 1.00 bits per heavy atom. The summed E-state index contributed by atoms with van der Waals surface area (Å²) in [6.07, 6.45) is 1.63. The Hall–Kier alpha value is -3.55. The molecule has 8 heteroatoms. The summed E-state index contributed by atoms with van der Waals surface area (Å²) < 4.78 is 10.7. The molecule has 3 aliphatic rings. The first-order chi connectivity index (χ1) is 16.1. The molecule has 5 rings (SSSR count). The lowest BCUT2D eigenvalue weighted by Gasteiger charge is -2.33. The summed E-state index contributed by atoms with van der Waals surface area (Å²) in [7, 11) is 0. The number of likely N-dealkylation sites (tertiary alicyclic amines) is 2. The van der Waals surface area contributed by atoms with Crippen LogP contribution in [0.2, 0.25) is 0 Å². The quantitative estimate of drug-likeness (QED) is 0.756. The van der Waals surface area contributed by atoms with E-state index >= 15 is 0 Å². The van der Waals surface area contributed by atoms with Gasteiger partial charge in [0.05, 0.1) is 5.92 Å². The van der Waals surface area contributed by atoms with Crippen LogP contribution >= 0.6 is 0 Å². The van der Waals surface area contributed by atoms with Gasteiger partial charge in [0.1, 0.15) is 0 Å². The van der Waals surface area contributed by atoms with Crippen molar-refractivity contribution in [3.63, 3.8) is 0 Å². The lowest BCUT2D eigenvalue weighted by atomic mass is 10.0. The van der Waals surface area contributed by atoms with Gasteiger partial charge in [-0.2, -0.15) is 0 Å². The topological polar surface area (TPSA) is 88.2 Å². The average Bonchev–Trinajstić information content (AvgIpc) is 3.46. The Balaban J connectivity index is 1.10. The van der Waals surface area contributed by atoms with E-state index in [-0.39, 0.29) is 42.9 Å². The van der Waals surface area contributed by atoms with E-state index in [1.807, 2.05) is 30.3 Å². The molecule has 0 aliphatic carbocycles. The van der Waals surface area contributed by atoms with Gasteiger partial charge in [0, 0.05) is 44.2 Å². The van der Waals surface area contributed by atoms with Gasteiger partial charge < -0.3 is 24.6 Å². The van der Waals surface area contributed by atoms with E-state index in [1.54, 1.807) is 28.0 Å². The number of hydrogen-bond acceptors (Lipinski definition) is 5. The van der Waals surface area contributed by atoms with Crippen LogP contribution in [0.1, 0.15) is 35.2 Å². The van der Waals surface area contributed by atoms with E-state index < -0.39 is 0 Å². The molecule has 3 heterocycles. The second kappa shape index (κ2) is 9.13. The Morgan fingerprint density at radius 3 is 2.55 bits per heavy atom. The predicted molar refractivity (Wildman–Crippen MR) is 120 cm³/mol. The first-order valence-electron chi connectivity index (χ1n) is 11.4. The van der Waals surface area contributed by atoms with Gasteiger partial charge in [0.2, 0.25) is 18.6 Å². The highest BCUT2D eigenvalue weighted by Crippen LogP contribution is 2.33. The number of carbonyl (C=O) groups excluding carboxylic acids is 3. The molecule has 2 saturated heterocycles. The highest BCUT2D eigenvalue weighted by atomic mass is 16.7. The molecule has 1 atom stereocenters. The number of rotatable bonds is 5. The third-order valence-corrected chi connectivity index (χ3v) is 6.55. The Labute approximate surface area is 192 Å². The van der Waals surface area contributed by atoms with Crippen molar-refractivity contribution in [2.75, 3.05) is 26.4 Å². The van der Waals surface area contributed by atoms with Crippen molar-refractivity contribution in [2.24, 2.45) is 5.92 Å². The first-order valence-corrected chi connectivity index (χ1v) is 11.4. The van der Waals surface area contributed by atoms with Crippen molar-refractivity contribution in [1.29, 1.82) is 0 Å². The van der Waals surface area contributed by atoms with Gasteiger partial charge in [-0.05, 0) is 36.6 Å². The molecule has 0 aromatic heterocycles. The van der Waals surface area contributed by atoms with Gasteiger partial charge in [0.25, 0.3) is 5.91 Å². The third-order valence-electron chi connectivity index (χ3n) is 6.55. The summed E-state index contributed by atoms with van der Waals surface area (Å²) in [4.78, 5) is 41.6. The van der Waals surface area contributed by atoms with Gasteiger partial charge in [-0.3, -0.25) is 14.4 Å². The van der Waals surface area contributed by atoms with Crippen molar-refractivity contribution in [2.45, 2.75) is 31.8 Å². The van der Waals surface area contributed by atoms with Crippen LogP contribution < -0.4 is 14.8 Å². The number of ether oxygens (including phenoxy) is 2. The van der Waals surface area contributed by atoms with Crippen LogP contribution in [0.4, 0.5) is 0 Å². The van der Waals surface area contributed by atoms with Crippen LogP contribution in [0.3, 0.4) is 0 Å². The number of carbonyl (C=O) groups is 3. The maximum absolute atomic E-state index is 12.9. The highest BCUT2D eigenvalue weighted by Gasteiger charge is 2.35. The summed E-state index contributed by atoms with van der Waals surface area (Å²) >= 11 is 0. The van der Waals surface area contributed by atoms with Crippen LogP contribution in [-0.4, -0.2) is 60.0 Å². The van der Waals surface area contributed by atoms with Gasteiger partial charge in [0.15, 0.2) is 11.5 Å². The minimum absolute atomic E-state index is 0.0107. The number of hydrogen-bond donors (Lipinski definition) is 1. The predicted octanol–water partition coefficient (Wildman–Crippen LogP) is 2.18. The Bertz CT molecular complexity index is 1050.